The summed E-state index contributed by atoms with van der Waals surface area (Å²) < 4.78 is 5.40. The lowest BCUT2D eigenvalue weighted by Gasteiger charge is -2.21. The Kier molecular flexibility index (Phi) is 6.30. The van der Waals surface area contributed by atoms with Crippen LogP contribution >= 0.6 is 0 Å². The fourth-order valence-electron chi connectivity index (χ4n) is 2.50. The molecular weight excluding hydrogens is 324 g/mol. The van der Waals surface area contributed by atoms with Gasteiger partial charge < -0.3 is 14.6 Å². The third-order valence-electron chi connectivity index (χ3n) is 3.69. The Morgan fingerprint density at radius 2 is 1.76 bits per heavy atom. The number of hydrogen-bond donors (Lipinski definition) is 3. The van der Waals surface area contributed by atoms with Gasteiger partial charge in [0, 0.05) is 12.0 Å². The maximum Gasteiger partial charge on any atom is 0.321 e. The van der Waals surface area contributed by atoms with Crippen LogP contribution in [0.3, 0.4) is 0 Å². The molecule has 7 heteroatoms. The van der Waals surface area contributed by atoms with Gasteiger partial charge >= 0.3 is 11.9 Å². The van der Waals surface area contributed by atoms with Crippen molar-refractivity contribution in [2.45, 2.75) is 38.8 Å². The number of rotatable bonds is 9. The normalized spacial score (nSPS) is 13.6. The molecule has 0 spiro atoms. The highest BCUT2D eigenvalue weighted by atomic mass is 16.4. The highest BCUT2D eigenvalue weighted by Gasteiger charge is 2.27. The summed E-state index contributed by atoms with van der Waals surface area (Å²) in [5.41, 5.74) is 1.24. The fraction of sp³-hybridized carbons (Fsp3) is 0.389. The highest BCUT2D eigenvalue weighted by molar-refractivity contribution is 5.77. The molecule has 7 nitrogen and oxygen atoms in total. The lowest BCUT2D eigenvalue weighted by atomic mass is 10.0. The van der Waals surface area contributed by atoms with Crippen LogP contribution in [0.5, 0.6) is 0 Å². The summed E-state index contributed by atoms with van der Waals surface area (Å²) in [5, 5.41) is 21.4. The number of benzene rings is 1. The molecule has 1 heterocycles. The van der Waals surface area contributed by atoms with E-state index in [9.17, 15) is 19.8 Å². The molecule has 2 atom stereocenters. The lowest BCUT2D eigenvalue weighted by molar-refractivity contribution is -0.142. The van der Waals surface area contributed by atoms with Crippen LogP contribution in [0, 0.1) is 5.92 Å². The molecule has 134 valence electrons. The van der Waals surface area contributed by atoms with Crippen LogP contribution in [0.1, 0.15) is 26.0 Å². The molecule has 0 unspecified atom stereocenters. The van der Waals surface area contributed by atoms with E-state index in [1.165, 1.54) is 6.26 Å². The zero-order valence-corrected chi connectivity index (χ0v) is 14.2. The zero-order chi connectivity index (χ0) is 18.4. The third-order valence-corrected chi connectivity index (χ3v) is 3.69. The molecule has 3 N–H and O–H groups in total. The molecule has 0 bridgehead atoms. The Morgan fingerprint density at radius 3 is 2.32 bits per heavy atom. The molecular formula is C18H22N2O5. The van der Waals surface area contributed by atoms with Crippen LogP contribution in [0.25, 0.3) is 11.5 Å². The van der Waals surface area contributed by atoms with Gasteiger partial charge in [0.1, 0.15) is 18.3 Å². The quantitative estimate of drug-likeness (QED) is 0.639. The summed E-state index contributed by atoms with van der Waals surface area (Å²) in [6.45, 7) is 3.77. The minimum atomic E-state index is -1.13. The SMILES string of the molecule is CC(C)C[C@H](N[C@@H](Cc1coc(-c2ccccc2)n1)C(=O)O)C(=O)O. The Balaban J connectivity index is 2.10. The number of nitrogens with one attached hydrogen (secondary N) is 1. The Morgan fingerprint density at radius 1 is 1.12 bits per heavy atom. The van der Waals surface area contributed by atoms with Crippen LogP contribution in [-0.4, -0.2) is 39.2 Å². The first-order valence-corrected chi connectivity index (χ1v) is 8.08. The van der Waals surface area contributed by atoms with Crippen LogP contribution in [0.2, 0.25) is 0 Å². The molecule has 0 aliphatic carbocycles. The smallest absolute Gasteiger partial charge is 0.321 e. The molecule has 0 aliphatic rings. The first-order valence-electron chi connectivity index (χ1n) is 8.08. The summed E-state index contributed by atoms with van der Waals surface area (Å²) in [4.78, 5) is 27.2. The van der Waals surface area contributed by atoms with Crippen molar-refractivity contribution in [2.24, 2.45) is 5.92 Å². The van der Waals surface area contributed by atoms with Gasteiger partial charge in [-0.25, -0.2) is 4.98 Å². The highest BCUT2D eigenvalue weighted by Crippen LogP contribution is 2.19. The molecule has 2 rings (SSSR count). The summed E-state index contributed by atoms with van der Waals surface area (Å²) in [7, 11) is 0. The van der Waals surface area contributed by atoms with Crippen molar-refractivity contribution in [3.63, 3.8) is 0 Å². The third kappa shape index (κ3) is 5.42. The number of aromatic nitrogens is 1. The van der Waals surface area contributed by atoms with Crippen LogP contribution in [-0.2, 0) is 16.0 Å². The second-order valence-electron chi connectivity index (χ2n) is 6.29. The van der Waals surface area contributed by atoms with E-state index in [2.05, 4.69) is 10.3 Å². The second-order valence-corrected chi connectivity index (χ2v) is 6.29. The van der Waals surface area contributed by atoms with Crippen molar-refractivity contribution in [3.8, 4) is 11.5 Å². The molecule has 25 heavy (non-hydrogen) atoms. The molecule has 0 saturated carbocycles. The number of aliphatic carboxylic acids is 2. The van der Waals surface area contributed by atoms with E-state index in [1.54, 1.807) is 0 Å². The Bertz CT molecular complexity index is 711. The van der Waals surface area contributed by atoms with Gasteiger partial charge in [0.05, 0.1) is 5.69 Å². The van der Waals surface area contributed by atoms with E-state index >= 15 is 0 Å². The van der Waals surface area contributed by atoms with Crippen LogP contribution in [0.4, 0.5) is 0 Å². The monoisotopic (exact) mass is 346 g/mol. The predicted octanol–water partition coefficient (Wildman–Crippen LogP) is 2.43. The van der Waals surface area contributed by atoms with Crippen molar-refractivity contribution in [1.29, 1.82) is 0 Å². The number of carboxylic acid groups (broad SMARTS) is 2. The van der Waals surface area contributed by atoms with Crippen molar-refractivity contribution in [3.05, 3.63) is 42.3 Å². The topological polar surface area (TPSA) is 113 Å². The molecule has 0 radical (unpaired) electrons. The van der Waals surface area contributed by atoms with Gasteiger partial charge in [-0.2, -0.15) is 0 Å². The molecule has 1 aromatic heterocycles. The number of carbonyl (C=O) groups is 2. The molecule has 0 fully saturated rings. The van der Waals surface area contributed by atoms with E-state index in [1.807, 2.05) is 44.2 Å². The average Bonchev–Trinajstić information content (AvgIpc) is 3.02. The van der Waals surface area contributed by atoms with E-state index in [-0.39, 0.29) is 12.3 Å². The van der Waals surface area contributed by atoms with Crippen LogP contribution < -0.4 is 5.32 Å². The van der Waals surface area contributed by atoms with Crippen molar-refractivity contribution in [2.75, 3.05) is 0 Å². The second kappa shape index (κ2) is 8.43. The van der Waals surface area contributed by atoms with Gasteiger partial charge in [-0.05, 0) is 24.5 Å². The van der Waals surface area contributed by atoms with Gasteiger partial charge in [-0.3, -0.25) is 14.9 Å². The molecule has 0 aliphatic heterocycles. The predicted molar refractivity (Wildman–Crippen MR) is 91.1 cm³/mol. The maximum absolute atomic E-state index is 11.5. The summed E-state index contributed by atoms with van der Waals surface area (Å²) >= 11 is 0. The molecule has 0 amide bonds. The molecule has 1 aromatic carbocycles. The van der Waals surface area contributed by atoms with E-state index in [0.29, 0.717) is 18.0 Å². The number of carboxylic acids is 2. The average molecular weight is 346 g/mol. The number of oxazole rings is 1. The minimum absolute atomic E-state index is 0.0353. The maximum atomic E-state index is 11.5. The minimum Gasteiger partial charge on any atom is -0.480 e. The van der Waals surface area contributed by atoms with Crippen LogP contribution in [0.15, 0.2) is 41.0 Å². The summed E-state index contributed by atoms with van der Waals surface area (Å²) in [5.74, 6) is -1.67. The zero-order valence-electron chi connectivity index (χ0n) is 14.2. The summed E-state index contributed by atoms with van der Waals surface area (Å²) in [6.07, 6.45) is 1.78. The van der Waals surface area contributed by atoms with E-state index in [4.69, 9.17) is 4.42 Å². The largest absolute Gasteiger partial charge is 0.480 e. The molecule has 0 saturated heterocycles. The van der Waals surface area contributed by atoms with Gasteiger partial charge in [-0.15, -0.1) is 0 Å². The fourth-order valence-corrected chi connectivity index (χ4v) is 2.50. The number of hydrogen-bond acceptors (Lipinski definition) is 5. The van der Waals surface area contributed by atoms with Gasteiger partial charge in [0.15, 0.2) is 0 Å². The first-order chi connectivity index (χ1) is 11.9. The summed E-state index contributed by atoms with van der Waals surface area (Å²) in [6, 6.07) is 7.26. The van der Waals surface area contributed by atoms with E-state index in [0.717, 1.165) is 5.56 Å². The van der Waals surface area contributed by atoms with Gasteiger partial charge in [0.25, 0.3) is 0 Å². The van der Waals surface area contributed by atoms with Crippen molar-refractivity contribution in [1.82, 2.24) is 10.3 Å². The van der Waals surface area contributed by atoms with Gasteiger partial charge in [0.2, 0.25) is 5.89 Å². The molecule has 2 aromatic rings. The Labute approximate surface area is 145 Å². The lowest BCUT2D eigenvalue weighted by Crippen LogP contribution is -2.48. The van der Waals surface area contributed by atoms with Gasteiger partial charge in [-0.1, -0.05) is 32.0 Å². The van der Waals surface area contributed by atoms with Crippen molar-refractivity contribution < 1.29 is 24.2 Å². The standard InChI is InChI=1S/C18H22N2O5/c1-11(2)8-14(17(21)22)20-15(18(23)24)9-13-10-25-16(19-13)12-6-4-3-5-7-12/h3-7,10-11,14-15,20H,8-9H2,1-2H3,(H,21,22)(H,23,24)/t14-,15-/m0/s1. The van der Waals surface area contributed by atoms with Crippen molar-refractivity contribution >= 4 is 11.9 Å². The van der Waals surface area contributed by atoms with E-state index < -0.39 is 24.0 Å². The Hall–Kier alpha value is -2.67. The first kappa shape index (κ1) is 18.7. The number of nitrogens with zero attached hydrogens (tertiary/aromatic N) is 1.